The maximum atomic E-state index is 12.3. The normalized spacial score (nSPS) is 10.7. The van der Waals surface area contributed by atoms with E-state index < -0.39 is 11.8 Å². The summed E-state index contributed by atoms with van der Waals surface area (Å²) < 4.78 is 21.7. The van der Waals surface area contributed by atoms with Crippen molar-refractivity contribution in [2.45, 2.75) is 33.3 Å². The molecule has 0 spiro atoms. The Balaban J connectivity index is 1.85. The van der Waals surface area contributed by atoms with Crippen molar-refractivity contribution in [3.63, 3.8) is 0 Å². The van der Waals surface area contributed by atoms with Gasteiger partial charge in [-0.1, -0.05) is 0 Å². The Morgan fingerprint density at radius 3 is 2.43 bits per heavy atom. The first-order valence-corrected chi connectivity index (χ1v) is 11.9. The van der Waals surface area contributed by atoms with Gasteiger partial charge < -0.3 is 29.6 Å². The lowest BCUT2D eigenvalue weighted by atomic mass is 10.2. The number of anilines is 1. The molecule has 0 bridgehead atoms. The number of nitrogens with zero attached hydrogens (tertiary/aromatic N) is 1. The van der Waals surface area contributed by atoms with Crippen LogP contribution in [0.3, 0.4) is 0 Å². The van der Waals surface area contributed by atoms with Gasteiger partial charge in [0.1, 0.15) is 5.75 Å². The van der Waals surface area contributed by atoms with Crippen LogP contribution in [0.2, 0.25) is 0 Å². The fraction of sp³-hybridized carbons (Fsp3) is 0.385. The molecule has 3 N–H and O–H groups in total. The van der Waals surface area contributed by atoms with Gasteiger partial charge in [-0.25, -0.2) is 5.43 Å². The van der Waals surface area contributed by atoms with Crippen molar-refractivity contribution in [3.05, 3.63) is 48.0 Å². The molecule has 0 fully saturated rings. The number of methoxy groups -OCH3 is 1. The molecular weight excluding hydrogens is 480 g/mol. The van der Waals surface area contributed by atoms with Crippen molar-refractivity contribution in [1.29, 1.82) is 0 Å². The van der Waals surface area contributed by atoms with Gasteiger partial charge in [-0.3, -0.25) is 14.4 Å². The number of nitrogens with one attached hydrogen (secondary N) is 3. The first-order chi connectivity index (χ1) is 17.8. The predicted octanol–water partition coefficient (Wildman–Crippen LogP) is 2.49. The summed E-state index contributed by atoms with van der Waals surface area (Å²) in [5.74, 6) is -0.552. The molecule has 2 aromatic carbocycles. The maximum absolute atomic E-state index is 12.3. The largest absolute Gasteiger partial charge is 0.497 e. The second-order valence-electron chi connectivity index (χ2n) is 7.93. The van der Waals surface area contributed by atoms with Gasteiger partial charge >= 0.3 is 11.8 Å². The smallest absolute Gasteiger partial charge is 0.329 e. The number of ether oxygens (including phenoxy) is 4. The van der Waals surface area contributed by atoms with Crippen molar-refractivity contribution >= 4 is 29.6 Å². The Bertz CT molecular complexity index is 1060. The quantitative estimate of drug-likeness (QED) is 0.152. The minimum atomic E-state index is -0.881. The zero-order chi connectivity index (χ0) is 27.0. The fourth-order valence-electron chi connectivity index (χ4n) is 2.90. The second-order valence-corrected chi connectivity index (χ2v) is 7.93. The molecule has 11 nitrogen and oxygen atoms in total. The highest BCUT2D eigenvalue weighted by molar-refractivity contribution is 6.35. The number of rotatable bonds is 14. The second kappa shape index (κ2) is 15.8. The zero-order valence-electron chi connectivity index (χ0n) is 21.5. The molecule has 37 heavy (non-hydrogen) atoms. The van der Waals surface area contributed by atoms with Crippen LogP contribution in [0.1, 0.15) is 32.8 Å². The number of hydrogen-bond acceptors (Lipinski definition) is 8. The molecule has 0 atom stereocenters. The van der Waals surface area contributed by atoms with Gasteiger partial charge in [-0.05, 0) is 75.2 Å². The molecular formula is C26H34N4O7. The molecule has 0 unspecified atom stereocenters. The van der Waals surface area contributed by atoms with E-state index in [1.54, 1.807) is 49.6 Å². The molecule has 2 aromatic rings. The van der Waals surface area contributed by atoms with Gasteiger partial charge in [-0.2, -0.15) is 5.10 Å². The van der Waals surface area contributed by atoms with Crippen LogP contribution < -0.4 is 30.3 Å². The number of amides is 3. The van der Waals surface area contributed by atoms with Crippen molar-refractivity contribution in [3.8, 4) is 17.2 Å². The SMILES string of the molecule is CCOc1cc(/C=N\NC(=O)C(=O)NCCCOC(C)C)ccc1OCC(=O)Nc1ccc(OC)cc1. The Morgan fingerprint density at radius 1 is 1.00 bits per heavy atom. The third kappa shape index (κ3) is 11.0. The van der Waals surface area contributed by atoms with Crippen molar-refractivity contribution in [2.75, 3.05) is 38.8 Å². The van der Waals surface area contributed by atoms with E-state index in [0.29, 0.717) is 54.7 Å². The Morgan fingerprint density at radius 2 is 1.76 bits per heavy atom. The zero-order valence-corrected chi connectivity index (χ0v) is 21.5. The van der Waals surface area contributed by atoms with Crippen LogP contribution in [0, 0.1) is 0 Å². The van der Waals surface area contributed by atoms with Crippen LogP contribution in [-0.4, -0.2) is 63.5 Å². The van der Waals surface area contributed by atoms with E-state index in [1.165, 1.54) is 6.21 Å². The minimum absolute atomic E-state index is 0.113. The summed E-state index contributed by atoms with van der Waals surface area (Å²) in [7, 11) is 1.57. The summed E-state index contributed by atoms with van der Waals surface area (Å²) in [5.41, 5.74) is 3.38. The number of benzene rings is 2. The van der Waals surface area contributed by atoms with Gasteiger partial charge in [-0.15, -0.1) is 0 Å². The van der Waals surface area contributed by atoms with Crippen molar-refractivity contribution in [1.82, 2.24) is 10.7 Å². The molecule has 0 aliphatic carbocycles. The number of carbonyl (C=O) groups excluding carboxylic acids is 3. The number of hydrazone groups is 1. The monoisotopic (exact) mass is 514 g/mol. The fourth-order valence-corrected chi connectivity index (χ4v) is 2.90. The first kappa shape index (κ1) is 29.1. The third-order valence-corrected chi connectivity index (χ3v) is 4.64. The number of carbonyl (C=O) groups is 3. The molecule has 0 saturated heterocycles. The van der Waals surface area contributed by atoms with Gasteiger partial charge in [0.05, 0.1) is 26.0 Å². The lowest BCUT2D eigenvalue weighted by molar-refractivity contribution is -0.139. The first-order valence-electron chi connectivity index (χ1n) is 11.9. The van der Waals surface area contributed by atoms with Crippen LogP contribution >= 0.6 is 0 Å². The summed E-state index contributed by atoms with van der Waals surface area (Å²) in [6, 6.07) is 11.9. The van der Waals surface area contributed by atoms with Gasteiger partial charge in [0, 0.05) is 18.8 Å². The Labute approximate surface area is 216 Å². The molecule has 0 heterocycles. The lowest BCUT2D eigenvalue weighted by Crippen LogP contribution is -2.38. The maximum Gasteiger partial charge on any atom is 0.329 e. The molecule has 3 amide bonds. The molecule has 2 rings (SSSR count). The Kier molecular flexibility index (Phi) is 12.4. The predicted molar refractivity (Wildman–Crippen MR) is 139 cm³/mol. The van der Waals surface area contributed by atoms with Crippen LogP contribution in [0.25, 0.3) is 0 Å². The van der Waals surface area contributed by atoms with Crippen LogP contribution in [0.5, 0.6) is 17.2 Å². The van der Waals surface area contributed by atoms with Gasteiger partial charge in [0.25, 0.3) is 5.91 Å². The topological polar surface area (TPSA) is 137 Å². The molecule has 0 radical (unpaired) electrons. The molecule has 200 valence electrons. The van der Waals surface area contributed by atoms with E-state index in [2.05, 4.69) is 21.2 Å². The van der Waals surface area contributed by atoms with E-state index in [1.807, 2.05) is 20.8 Å². The highest BCUT2D eigenvalue weighted by Gasteiger charge is 2.12. The Hall–Kier alpha value is -4.12. The van der Waals surface area contributed by atoms with E-state index in [0.717, 1.165) is 0 Å². The summed E-state index contributed by atoms with van der Waals surface area (Å²) in [5, 5.41) is 9.05. The average Bonchev–Trinajstić information content (AvgIpc) is 2.88. The van der Waals surface area contributed by atoms with Crippen LogP contribution in [0.4, 0.5) is 5.69 Å². The van der Waals surface area contributed by atoms with E-state index in [9.17, 15) is 14.4 Å². The van der Waals surface area contributed by atoms with Crippen LogP contribution in [-0.2, 0) is 19.1 Å². The molecule has 0 aromatic heterocycles. The average molecular weight is 515 g/mol. The van der Waals surface area contributed by atoms with E-state index in [4.69, 9.17) is 18.9 Å². The van der Waals surface area contributed by atoms with Gasteiger partial charge in [0.15, 0.2) is 18.1 Å². The number of hydrogen-bond donors (Lipinski definition) is 3. The molecule has 0 aliphatic rings. The third-order valence-electron chi connectivity index (χ3n) is 4.64. The van der Waals surface area contributed by atoms with Crippen molar-refractivity contribution in [2.24, 2.45) is 5.10 Å². The van der Waals surface area contributed by atoms with E-state index in [-0.39, 0.29) is 18.6 Å². The van der Waals surface area contributed by atoms with Crippen molar-refractivity contribution < 1.29 is 33.3 Å². The van der Waals surface area contributed by atoms with Crippen LogP contribution in [0.15, 0.2) is 47.6 Å². The highest BCUT2D eigenvalue weighted by atomic mass is 16.5. The highest BCUT2D eigenvalue weighted by Crippen LogP contribution is 2.28. The lowest BCUT2D eigenvalue weighted by Gasteiger charge is -2.13. The molecule has 0 saturated carbocycles. The summed E-state index contributed by atoms with van der Waals surface area (Å²) >= 11 is 0. The minimum Gasteiger partial charge on any atom is -0.497 e. The standard InChI is InChI=1S/C26H34N4O7/c1-5-35-23-15-19(16-28-30-26(33)25(32)27-13-6-14-36-18(2)3)7-12-22(23)37-17-24(31)29-20-8-10-21(34-4)11-9-20/h7-12,15-16,18H,5-6,13-14,17H2,1-4H3,(H,27,32)(H,29,31)(H,30,33)/b28-16-. The molecule has 0 aliphatic heterocycles. The summed E-state index contributed by atoms with van der Waals surface area (Å²) in [4.78, 5) is 36.0. The van der Waals surface area contributed by atoms with Gasteiger partial charge in [0.2, 0.25) is 0 Å². The molecule has 11 heteroatoms. The summed E-state index contributed by atoms with van der Waals surface area (Å²) in [6.07, 6.45) is 2.07. The van der Waals surface area contributed by atoms with E-state index >= 15 is 0 Å². The summed E-state index contributed by atoms with van der Waals surface area (Å²) in [6.45, 7) is 6.61.